The molecule has 0 atom stereocenters. The number of hydrogen-bond acceptors (Lipinski definition) is 2. The molecule has 0 saturated carbocycles. The summed E-state index contributed by atoms with van der Waals surface area (Å²) in [5.74, 6) is 0. The second-order valence-electron chi connectivity index (χ2n) is 2.76. The van der Waals surface area contributed by atoms with Crippen molar-refractivity contribution in [3.63, 3.8) is 0 Å². The van der Waals surface area contributed by atoms with E-state index in [4.69, 9.17) is 9.47 Å². The van der Waals surface area contributed by atoms with Crippen molar-refractivity contribution in [3.05, 3.63) is 35.9 Å². The van der Waals surface area contributed by atoms with Gasteiger partial charge in [-0.1, -0.05) is 0 Å². The maximum atomic E-state index is 5.42. The molecule has 0 aromatic heterocycles. The molecule has 0 N–H and O–H groups in total. The van der Waals surface area contributed by atoms with Gasteiger partial charge in [0.15, 0.2) is 0 Å². The van der Waals surface area contributed by atoms with Gasteiger partial charge in [0.25, 0.3) is 0 Å². The Morgan fingerprint density at radius 2 is 2.08 bits per heavy atom. The number of hydrogen-bond donors (Lipinski definition) is 0. The van der Waals surface area contributed by atoms with Crippen LogP contribution in [0.3, 0.4) is 0 Å². The van der Waals surface area contributed by atoms with E-state index in [1.165, 1.54) is 0 Å². The summed E-state index contributed by atoms with van der Waals surface area (Å²) >= 11 is 0. The predicted molar refractivity (Wildman–Crippen MR) is 44.5 cm³/mol. The van der Waals surface area contributed by atoms with Crippen molar-refractivity contribution < 1.29 is 28.3 Å². The van der Waals surface area contributed by atoms with Gasteiger partial charge in [-0.05, 0) is 6.42 Å². The van der Waals surface area contributed by atoms with Crippen molar-refractivity contribution in [1.82, 2.24) is 0 Å². The molecule has 0 amide bonds. The molecule has 2 rings (SSSR count). The van der Waals surface area contributed by atoms with Gasteiger partial charge in [0.1, 0.15) is 6.29 Å². The second kappa shape index (κ2) is 5.46. The third-order valence-corrected chi connectivity index (χ3v) is 1.83. The van der Waals surface area contributed by atoms with Crippen molar-refractivity contribution in [2.45, 2.75) is 12.7 Å². The largest absolute Gasteiger partial charge is 1.00 e. The second-order valence-corrected chi connectivity index (χ2v) is 2.76. The van der Waals surface area contributed by atoms with Crippen LogP contribution in [0.2, 0.25) is 0 Å². The van der Waals surface area contributed by atoms with E-state index in [2.05, 4.69) is 6.07 Å². The smallest absolute Gasteiger partial charge is 0.359 e. The molecule has 3 heteroatoms. The molecular formula is C10H11LiO2. The monoisotopic (exact) mass is 170 g/mol. The normalized spacial score (nSPS) is 17.8. The summed E-state index contributed by atoms with van der Waals surface area (Å²) in [5, 5.41) is 0. The van der Waals surface area contributed by atoms with Crippen molar-refractivity contribution in [3.8, 4) is 0 Å². The molecule has 1 aromatic carbocycles. The van der Waals surface area contributed by atoms with Crippen molar-refractivity contribution in [1.29, 1.82) is 0 Å². The standard InChI is InChI=1S/C10H11O2.Li/c1-2-5-9(6-3-1)10-11-7-4-8-12-10;/h1-2,5-6,10H,4,7-8H2;/q-1;+1. The maximum Gasteiger partial charge on any atom is 1.00 e. The van der Waals surface area contributed by atoms with E-state index in [1.807, 2.05) is 24.3 Å². The first-order valence-corrected chi connectivity index (χ1v) is 4.16. The van der Waals surface area contributed by atoms with Gasteiger partial charge < -0.3 is 9.47 Å². The fourth-order valence-corrected chi connectivity index (χ4v) is 1.23. The van der Waals surface area contributed by atoms with Crippen LogP contribution in [0, 0.1) is 6.07 Å². The van der Waals surface area contributed by atoms with Gasteiger partial charge in [-0.2, -0.15) is 30.3 Å². The summed E-state index contributed by atoms with van der Waals surface area (Å²) in [4.78, 5) is 0. The van der Waals surface area contributed by atoms with Gasteiger partial charge in [0.2, 0.25) is 0 Å². The molecule has 2 nitrogen and oxygen atoms in total. The Morgan fingerprint density at radius 3 is 2.69 bits per heavy atom. The fourth-order valence-electron chi connectivity index (χ4n) is 1.23. The predicted octanol–water partition coefficient (Wildman–Crippen LogP) is -1.07. The summed E-state index contributed by atoms with van der Waals surface area (Å²) in [5.41, 5.74) is 1.05. The van der Waals surface area contributed by atoms with Gasteiger partial charge in [0.05, 0.1) is 13.2 Å². The van der Waals surface area contributed by atoms with Crippen molar-refractivity contribution in [2.75, 3.05) is 13.2 Å². The molecule has 0 bridgehead atoms. The zero-order chi connectivity index (χ0) is 8.23. The van der Waals surface area contributed by atoms with E-state index in [0.29, 0.717) is 0 Å². The minimum Gasteiger partial charge on any atom is -0.359 e. The van der Waals surface area contributed by atoms with Gasteiger partial charge in [-0.3, -0.25) is 0 Å². The first kappa shape index (κ1) is 10.8. The molecule has 1 saturated heterocycles. The Kier molecular flexibility index (Phi) is 4.55. The van der Waals surface area contributed by atoms with Crippen LogP contribution < -0.4 is 18.9 Å². The Balaban J connectivity index is 0.000000845. The van der Waals surface area contributed by atoms with Gasteiger partial charge >= 0.3 is 18.9 Å². The minimum atomic E-state index is -0.170. The molecule has 1 aliphatic heterocycles. The van der Waals surface area contributed by atoms with Crippen LogP contribution in [0.15, 0.2) is 24.3 Å². The average molecular weight is 170 g/mol. The third-order valence-electron chi connectivity index (χ3n) is 1.83. The molecule has 64 valence electrons. The van der Waals surface area contributed by atoms with Crippen LogP contribution in [-0.4, -0.2) is 13.2 Å². The average Bonchev–Trinajstić information content (AvgIpc) is 2.21. The van der Waals surface area contributed by atoms with Crippen LogP contribution >= 0.6 is 0 Å². The third kappa shape index (κ3) is 2.86. The summed E-state index contributed by atoms with van der Waals surface area (Å²) < 4.78 is 10.8. The summed E-state index contributed by atoms with van der Waals surface area (Å²) in [6.45, 7) is 1.58. The van der Waals surface area contributed by atoms with E-state index >= 15 is 0 Å². The molecule has 0 spiro atoms. The summed E-state index contributed by atoms with van der Waals surface area (Å²) in [6.07, 6.45) is 0.823. The van der Waals surface area contributed by atoms with Crippen molar-refractivity contribution in [2.24, 2.45) is 0 Å². The number of benzene rings is 1. The Labute approximate surface area is 90.4 Å². The number of rotatable bonds is 1. The van der Waals surface area contributed by atoms with Crippen LogP contribution in [0.5, 0.6) is 0 Å². The molecule has 1 aromatic rings. The molecule has 1 fully saturated rings. The molecule has 0 radical (unpaired) electrons. The first-order chi connectivity index (χ1) is 5.97. The maximum absolute atomic E-state index is 5.42. The fraction of sp³-hybridized carbons (Fsp3) is 0.400. The number of ether oxygens (including phenoxy) is 2. The SMILES string of the molecule is [Li+].[c-]1cccc(C2OCCCO2)c1. The van der Waals surface area contributed by atoms with E-state index in [0.717, 1.165) is 25.2 Å². The van der Waals surface area contributed by atoms with E-state index < -0.39 is 0 Å². The zero-order valence-corrected chi connectivity index (χ0v) is 7.82. The van der Waals surface area contributed by atoms with Gasteiger partial charge in [-0.15, -0.1) is 5.56 Å². The quantitative estimate of drug-likeness (QED) is 0.394. The Bertz CT molecular complexity index is 232. The molecule has 1 heterocycles. The molecular weight excluding hydrogens is 159 g/mol. The van der Waals surface area contributed by atoms with Crippen LogP contribution in [0.25, 0.3) is 0 Å². The first-order valence-electron chi connectivity index (χ1n) is 4.16. The molecule has 0 aliphatic carbocycles. The van der Waals surface area contributed by atoms with Crippen LogP contribution in [0.4, 0.5) is 0 Å². The van der Waals surface area contributed by atoms with E-state index in [-0.39, 0.29) is 25.2 Å². The van der Waals surface area contributed by atoms with E-state index in [9.17, 15) is 0 Å². The van der Waals surface area contributed by atoms with Crippen molar-refractivity contribution >= 4 is 0 Å². The molecule has 0 unspecified atom stereocenters. The topological polar surface area (TPSA) is 18.5 Å². The van der Waals surface area contributed by atoms with E-state index in [1.54, 1.807) is 0 Å². The van der Waals surface area contributed by atoms with Gasteiger partial charge in [0, 0.05) is 0 Å². The summed E-state index contributed by atoms with van der Waals surface area (Å²) in [7, 11) is 0. The Hall–Kier alpha value is -0.263. The zero-order valence-electron chi connectivity index (χ0n) is 7.82. The van der Waals surface area contributed by atoms with Crippen LogP contribution in [0.1, 0.15) is 18.3 Å². The Morgan fingerprint density at radius 1 is 1.31 bits per heavy atom. The molecule has 13 heavy (non-hydrogen) atoms. The minimum absolute atomic E-state index is 0. The van der Waals surface area contributed by atoms with Crippen LogP contribution in [-0.2, 0) is 9.47 Å². The van der Waals surface area contributed by atoms with Gasteiger partial charge in [-0.25, -0.2) is 0 Å². The summed E-state index contributed by atoms with van der Waals surface area (Å²) in [6, 6.07) is 10.7. The molecule has 1 aliphatic rings.